The maximum Gasteiger partial charge on any atom is 0.157 e. The third-order valence-electron chi connectivity index (χ3n) is 5.34. The summed E-state index contributed by atoms with van der Waals surface area (Å²) in [5.74, 6) is 1.44. The molecule has 0 aliphatic heterocycles. The summed E-state index contributed by atoms with van der Waals surface area (Å²) < 4.78 is 6.32. The van der Waals surface area contributed by atoms with Gasteiger partial charge in [-0.25, -0.2) is 9.97 Å². The first-order valence-electron chi connectivity index (χ1n) is 10.2. The minimum atomic E-state index is 0.667. The number of fused-ring (bicyclic) bond motifs is 2. The second-order valence-corrected chi connectivity index (χ2v) is 7.78. The number of hydrogen-bond acceptors (Lipinski definition) is 5. The fourth-order valence-corrected chi connectivity index (χ4v) is 3.78. The van der Waals surface area contributed by atoms with Gasteiger partial charge in [0.1, 0.15) is 17.7 Å². The number of para-hydroxylation sites is 1. The molecule has 1 N–H and O–H groups in total. The molecule has 2 aromatic heterocycles. The minimum Gasteiger partial charge on any atom is -0.456 e. The first-order chi connectivity index (χ1) is 15.1. The van der Waals surface area contributed by atoms with Crippen LogP contribution in [0.2, 0.25) is 0 Å². The van der Waals surface area contributed by atoms with Crippen LogP contribution in [-0.4, -0.2) is 9.97 Å². The van der Waals surface area contributed by atoms with E-state index in [0.717, 1.165) is 49.7 Å². The molecule has 5 aromatic rings. The van der Waals surface area contributed by atoms with Crippen LogP contribution < -0.4 is 10.8 Å². The van der Waals surface area contributed by atoms with Crippen molar-refractivity contribution in [2.75, 3.05) is 5.43 Å². The van der Waals surface area contributed by atoms with E-state index in [4.69, 9.17) is 9.52 Å². The number of aryl methyl sites for hydroxylation is 3. The van der Waals surface area contributed by atoms with Gasteiger partial charge in [0.05, 0.1) is 10.9 Å². The number of hydrogen-bond donors (Lipinski definition) is 1. The summed E-state index contributed by atoms with van der Waals surface area (Å²) in [6.45, 7) is 6.22. The molecular formula is C26H22N4O. The van der Waals surface area contributed by atoms with Crippen molar-refractivity contribution in [2.45, 2.75) is 20.8 Å². The van der Waals surface area contributed by atoms with Gasteiger partial charge in [-0.2, -0.15) is 5.10 Å². The van der Waals surface area contributed by atoms with Crippen LogP contribution in [0.5, 0.6) is 0 Å². The van der Waals surface area contributed by atoms with Crippen LogP contribution in [0.3, 0.4) is 0 Å². The molecule has 2 heterocycles. The first-order valence-corrected chi connectivity index (χ1v) is 10.2. The van der Waals surface area contributed by atoms with Gasteiger partial charge in [0, 0.05) is 22.4 Å². The molecule has 0 aliphatic rings. The van der Waals surface area contributed by atoms with Crippen LogP contribution in [0.25, 0.3) is 33.2 Å². The standard InChI is InChI=1S/C26H22N4O/c1-16-8-10-19(11-9-16)24-14-23(21-13-17(2)12-18(3)25(21)31-24)29-30-26-20-6-4-5-7-22(20)27-15-28-26/h4-15H,1-3H3,(H,27,28,30). The summed E-state index contributed by atoms with van der Waals surface area (Å²) in [5.41, 5.74) is 9.31. The summed E-state index contributed by atoms with van der Waals surface area (Å²) in [6, 6.07) is 22.4. The average Bonchev–Trinajstić information content (AvgIpc) is 2.78. The van der Waals surface area contributed by atoms with Gasteiger partial charge >= 0.3 is 0 Å². The summed E-state index contributed by atoms with van der Waals surface area (Å²) >= 11 is 0. The average molecular weight is 406 g/mol. The molecule has 0 atom stereocenters. The van der Waals surface area contributed by atoms with Gasteiger partial charge in [0.2, 0.25) is 0 Å². The van der Waals surface area contributed by atoms with E-state index in [1.54, 1.807) is 6.33 Å². The van der Waals surface area contributed by atoms with Crippen LogP contribution in [0.15, 0.2) is 82.6 Å². The van der Waals surface area contributed by atoms with Crippen molar-refractivity contribution in [3.05, 3.63) is 95.1 Å². The highest BCUT2D eigenvalue weighted by atomic mass is 16.3. The van der Waals surface area contributed by atoms with E-state index in [0.29, 0.717) is 5.82 Å². The van der Waals surface area contributed by atoms with Crippen molar-refractivity contribution >= 4 is 27.7 Å². The van der Waals surface area contributed by atoms with E-state index in [1.165, 1.54) is 5.56 Å². The molecule has 0 saturated heterocycles. The molecular weight excluding hydrogens is 384 g/mol. The number of nitrogens with one attached hydrogen (secondary N) is 1. The van der Waals surface area contributed by atoms with Gasteiger partial charge in [-0.1, -0.05) is 48.0 Å². The molecule has 5 heteroatoms. The second kappa shape index (κ2) is 7.69. The normalized spacial score (nSPS) is 11.9. The van der Waals surface area contributed by atoms with Crippen molar-refractivity contribution in [1.82, 2.24) is 9.97 Å². The Morgan fingerprint density at radius 1 is 0.806 bits per heavy atom. The van der Waals surface area contributed by atoms with Gasteiger partial charge in [-0.05, 0) is 50.1 Å². The second-order valence-electron chi connectivity index (χ2n) is 7.78. The van der Waals surface area contributed by atoms with Crippen LogP contribution in [0.4, 0.5) is 5.82 Å². The Kier molecular flexibility index (Phi) is 4.71. The van der Waals surface area contributed by atoms with Gasteiger partial charge < -0.3 is 4.42 Å². The molecule has 0 aliphatic carbocycles. The Bertz CT molecular complexity index is 1480. The summed E-state index contributed by atoms with van der Waals surface area (Å²) in [5, 5.41) is 7.42. The van der Waals surface area contributed by atoms with Gasteiger partial charge in [-0.15, -0.1) is 0 Å². The van der Waals surface area contributed by atoms with Gasteiger partial charge in [0.15, 0.2) is 5.82 Å². The molecule has 0 amide bonds. The van der Waals surface area contributed by atoms with Crippen molar-refractivity contribution in [2.24, 2.45) is 5.10 Å². The quantitative estimate of drug-likeness (QED) is 0.379. The number of benzene rings is 3. The van der Waals surface area contributed by atoms with Crippen LogP contribution in [0, 0.1) is 20.8 Å². The van der Waals surface area contributed by atoms with E-state index in [1.807, 2.05) is 30.3 Å². The van der Waals surface area contributed by atoms with Crippen LogP contribution in [0.1, 0.15) is 16.7 Å². The summed E-state index contributed by atoms with van der Waals surface area (Å²) in [7, 11) is 0. The molecule has 0 saturated carbocycles. The molecule has 5 rings (SSSR count). The molecule has 0 fully saturated rings. The lowest BCUT2D eigenvalue weighted by Gasteiger charge is -2.09. The van der Waals surface area contributed by atoms with Gasteiger partial charge in [0.25, 0.3) is 0 Å². The molecule has 0 spiro atoms. The van der Waals surface area contributed by atoms with E-state index in [9.17, 15) is 0 Å². The predicted molar refractivity (Wildman–Crippen MR) is 125 cm³/mol. The smallest absolute Gasteiger partial charge is 0.157 e. The highest BCUT2D eigenvalue weighted by molar-refractivity contribution is 5.88. The summed E-state index contributed by atoms with van der Waals surface area (Å²) in [6.07, 6.45) is 1.55. The fraction of sp³-hybridized carbons (Fsp3) is 0.115. The molecule has 5 nitrogen and oxygen atoms in total. The zero-order valence-electron chi connectivity index (χ0n) is 17.7. The Labute approximate surface area is 180 Å². The highest BCUT2D eigenvalue weighted by Gasteiger charge is 2.10. The maximum atomic E-state index is 6.32. The number of rotatable bonds is 3. The van der Waals surface area contributed by atoms with E-state index in [-0.39, 0.29) is 0 Å². The number of aromatic nitrogens is 2. The maximum absolute atomic E-state index is 6.32. The van der Waals surface area contributed by atoms with Crippen LogP contribution in [-0.2, 0) is 0 Å². The van der Waals surface area contributed by atoms with Gasteiger partial charge in [-0.3, -0.25) is 5.43 Å². The first kappa shape index (κ1) is 19.0. The Hall–Kier alpha value is -3.99. The summed E-state index contributed by atoms with van der Waals surface area (Å²) in [4.78, 5) is 8.71. The molecule has 0 radical (unpaired) electrons. The van der Waals surface area contributed by atoms with Crippen molar-refractivity contribution < 1.29 is 4.42 Å². The Morgan fingerprint density at radius 3 is 2.45 bits per heavy atom. The van der Waals surface area contributed by atoms with E-state index in [2.05, 4.69) is 72.6 Å². The van der Waals surface area contributed by atoms with Crippen molar-refractivity contribution in [3.8, 4) is 11.3 Å². The lowest BCUT2D eigenvalue weighted by atomic mass is 10.1. The van der Waals surface area contributed by atoms with E-state index < -0.39 is 0 Å². The lowest BCUT2D eigenvalue weighted by Crippen LogP contribution is -2.09. The predicted octanol–water partition coefficient (Wildman–Crippen LogP) is 5.90. The number of anilines is 1. The topological polar surface area (TPSA) is 63.3 Å². The van der Waals surface area contributed by atoms with Crippen molar-refractivity contribution in [1.29, 1.82) is 0 Å². The SMILES string of the molecule is Cc1ccc(-c2cc(=NNc3ncnc4ccccc34)c3cc(C)cc(C)c3o2)cc1. The van der Waals surface area contributed by atoms with E-state index >= 15 is 0 Å². The Morgan fingerprint density at radius 2 is 1.61 bits per heavy atom. The fourth-order valence-electron chi connectivity index (χ4n) is 3.78. The molecule has 31 heavy (non-hydrogen) atoms. The van der Waals surface area contributed by atoms with Crippen molar-refractivity contribution in [3.63, 3.8) is 0 Å². The zero-order chi connectivity index (χ0) is 21.4. The van der Waals surface area contributed by atoms with Crippen LogP contribution >= 0.6 is 0 Å². The highest BCUT2D eigenvalue weighted by Crippen LogP contribution is 2.26. The Balaban J connectivity index is 1.71. The molecule has 152 valence electrons. The third kappa shape index (κ3) is 3.66. The third-order valence-corrected chi connectivity index (χ3v) is 5.34. The monoisotopic (exact) mass is 406 g/mol. The number of nitrogens with zero attached hydrogens (tertiary/aromatic N) is 3. The molecule has 0 unspecified atom stereocenters. The lowest BCUT2D eigenvalue weighted by molar-refractivity contribution is 0.615. The minimum absolute atomic E-state index is 0.667. The largest absolute Gasteiger partial charge is 0.456 e. The zero-order valence-corrected chi connectivity index (χ0v) is 17.7. The molecule has 3 aromatic carbocycles. The molecule has 0 bridgehead atoms.